The van der Waals surface area contributed by atoms with Gasteiger partial charge in [-0.1, -0.05) is 25.1 Å². The SMILES string of the molecule is CCc1ccccc1N1C(=O)/C(=C/c2cc(C)n(-c3sc4c(c3C(=O)OC)CCCC4)c2C)C(=O)NC1=S. The average molecular weight is 548 g/mol. The predicted molar refractivity (Wildman–Crippen MR) is 153 cm³/mol. The van der Waals surface area contributed by atoms with Gasteiger partial charge >= 0.3 is 5.97 Å². The Balaban J connectivity index is 1.60. The molecule has 196 valence electrons. The summed E-state index contributed by atoms with van der Waals surface area (Å²) < 4.78 is 7.20. The van der Waals surface area contributed by atoms with Crippen molar-refractivity contribution in [3.8, 4) is 5.00 Å². The van der Waals surface area contributed by atoms with E-state index in [0.29, 0.717) is 17.7 Å². The quantitative estimate of drug-likeness (QED) is 0.205. The van der Waals surface area contributed by atoms with Crippen LogP contribution < -0.4 is 10.2 Å². The van der Waals surface area contributed by atoms with E-state index in [-0.39, 0.29) is 16.7 Å². The molecular formula is C29H29N3O4S2. The lowest BCUT2D eigenvalue weighted by Crippen LogP contribution is -2.54. The Morgan fingerprint density at radius 2 is 1.92 bits per heavy atom. The molecule has 0 bridgehead atoms. The molecule has 2 aromatic heterocycles. The van der Waals surface area contributed by atoms with Crippen LogP contribution in [0.2, 0.25) is 0 Å². The third-order valence-electron chi connectivity index (χ3n) is 7.23. The lowest BCUT2D eigenvalue weighted by atomic mass is 9.95. The fourth-order valence-corrected chi connectivity index (χ4v) is 7.09. The summed E-state index contributed by atoms with van der Waals surface area (Å²) in [5.74, 6) is -1.34. The van der Waals surface area contributed by atoms with Gasteiger partial charge in [-0.25, -0.2) is 4.79 Å². The van der Waals surface area contributed by atoms with Crippen molar-refractivity contribution in [1.29, 1.82) is 0 Å². The molecule has 1 aliphatic heterocycles. The molecule has 5 rings (SSSR count). The van der Waals surface area contributed by atoms with Crippen LogP contribution in [0.3, 0.4) is 0 Å². The molecule has 1 fully saturated rings. The van der Waals surface area contributed by atoms with Gasteiger partial charge in [-0.3, -0.25) is 19.8 Å². The molecule has 3 aromatic rings. The van der Waals surface area contributed by atoms with Crippen molar-refractivity contribution in [2.75, 3.05) is 12.0 Å². The minimum atomic E-state index is -0.531. The Kier molecular flexibility index (Phi) is 7.07. The number of amides is 2. The number of aryl methyl sites for hydroxylation is 3. The Hall–Kier alpha value is -3.56. The molecule has 1 aliphatic carbocycles. The highest BCUT2D eigenvalue weighted by Crippen LogP contribution is 2.39. The molecule has 0 atom stereocenters. The van der Waals surface area contributed by atoms with Gasteiger partial charge in [0.15, 0.2) is 5.11 Å². The third-order valence-corrected chi connectivity index (χ3v) is 8.79. The molecule has 0 spiro atoms. The zero-order valence-electron chi connectivity index (χ0n) is 21.8. The second kappa shape index (κ2) is 10.3. The van der Waals surface area contributed by atoms with Crippen molar-refractivity contribution < 1.29 is 19.1 Å². The van der Waals surface area contributed by atoms with Crippen molar-refractivity contribution in [2.24, 2.45) is 0 Å². The molecule has 3 heterocycles. The molecule has 9 heteroatoms. The zero-order valence-corrected chi connectivity index (χ0v) is 23.5. The van der Waals surface area contributed by atoms with Crippen LogP contribution in [0.25, 0.3) is 11.1 Å². The van der Waals surface area contributed by atoms with Crippen LogP contribution >= 0.6 is 23.6 Å². The standard InChI is InChI=1S/C29H29N3O4S2/c1-5-18-10-6-8-12-22(18)32-26(34)21(25(33)30-29(32)37)15-19-14-16(2)31(17(19)3)27-24(28(35)36-4)20-11-7-9-13-23(20)38-27/h6,8,10,12,14-15H,5,7,9,11,13H2,1-4H3,(H,30,33,37)/b21-15+. The number of methoxy groups -OCH3 is 1. The van der Waals surface area contributed by atoms with Crippen LogP contribution in [0.4, 0.5) is 5.69 Å². The van der Waals surface area contributed by atoms with Crippen molar-refractivity contribution in [3.05, 3.63) is 74.4 Å². The average Bonchev–Trinajstić information content (AvgIpc) is 3.41. The second-order valence-corrected chi connectivity index (χ2v) is 11.0. The summed E-state index contributed by atoms with van der Waals surface area (Å²) >= 11 is 7.01. The van der Waals surface area contributed by atoms with E-state index in [0.717, 1.165) is 58.8 Å². The van der Waals surface area contributed by atoms with Crippen LogP contribution in [0.5, 0.6) is 0 Å². The zero-order chi connectivity index (χ0) is 27.1. The summed E-state index contributed by atoms with van der Waals surface area (Å²) in [5, 5.41) is 3.57. The van der Waals surface area contributed by atoms with E-state index < -0.39 is 11.8 Å². The molecule has 1 N–H and O–H groups in total. The number of thiophene rings is 1. The third kappa shape index (κ3) is 4.29. The monoisotopic (exact) mass is 547 g/mol. The molecule has 1 aromatic carbocycles. The Morgan fingerprint density at radius 1 is 1.18 bits per heavy atom. The number of hydrogen-bond acceptors (Lipinski definition) is 6. The van der Waals surface area contributed by atoms with Gasteiger partial charge in [0.1, 0.15) is 10.6 Å². The summed E-state index contributed by atoms with van der Waals surface area (Å²) in [6.45, 7) is 5.89. The molecule has 0 unspecified atom stereocenters. The number of carbonyl (C=O) groups is 3. The maximum Gasteiger partial charge on any atom is 0.341 e. The Bertz CT molecular complexity index is 1530. The van der Waals surface area contributed by atoms with Crippen LogP contribution in [0, 0.1) is 13.8 Å². The number of para-hydroxylation sites is 1. The summed E-state index contributed by atoms with van der Waals surface area (Å²) in [6, 6.07) is 9.46. The second-order valence-electron chi connectivity index (χ2n) is 9.48. The first-order valence-corrected chi connectivity index (χ1v) is 13.9. The fraction of sp³-hybridized carbons (Fsp3) is 0.310. The topological polar surface area (TPSA) is 80.6 Å². The van der Waals surface area contributed by atoms with Crippen molar-refractivity contribution in [3.63, 3.8) is 0 Å². The predicted octanol–water partition coefficient (Wildman–Crippen LogP) is 5.21. The van der Waals surface area contributed by atoms with Crippen LogP contribution in [-0.4, -0.2) is 34.6 Å². The number of anilines is 1. The summed E-state index contributed by atoms with van der Waals surface area (Å²) in [6.07, 6.45) is 6.28. The minimum Gasteiger partial charge on any atom is -0.465 e. The molecule has 2 amide bonds. The summed E-state index contributed by atoms with van der Waals surface area (Å²) in [4.78, 5) is 42.1. The number of esters is 1. The van der Waals surface area contributed by atoms with E-state index in [1.165, 1.54) is 16.9 Å². The van der Waals surface area contributed by atoms with Gasteiger partial charge in [0.05, 0.1) is 18.4 Å². The van der Waals surface area contributed by atoms with Crippen LogP contribution in [0.15, 0.2) is 35.9 Å². The number of hydrogen-bond donors (Lipinski definition) is 1. The van der Waals surface area contributed by atoms with Gasteiger partial charge in [0, 0.05) is 16.3 Å². The molecular weight excluding hydrogens is 518 g/mol. The van der Waals surface area contributed by atoms with E-state index in [1.807, 2.05) is 55.7 Å². The van der Waals surface area contributed by atoms with Gasteiger partial charge in [-0.2, -0.15) is 0 Å². The van der Waals surface area contributed by atoms with Gasteiger partial charge < -0.3 is 9.30 Å². The van der Waals surface area contributed by atoms with Gasteiger partial charge in [0.2, 0.25) is 0 Å². The van der Waals surface area contributed by atoms with E-state index in [2.05, 4.69) is 5.32 Å². The molecule has 0 radical (unpaired) electrons. The van der Waals surface area contributed by atoms with Gasteiger partial charge in [0.25, 0.3) is 11.8 Å². The Labute approximate surface area is 231 Å². The molecule has 2 aliphatic rings. The van der Waals surface area contributed by atoms with Gasteiger partial charge in [-0.15, -0.1) is 11.3 Å². The molecule has 0 saturated carbocycles. The molecule has 7 nitrogen and oxygen atoms in total. The van der Waals surface area contributed by atoms with E-state index in [1.54, 1.807) is 17.4 Å². The highest BCUT2D eigenvalue weighted by Gasteiger charge is 2.36. The van der Waals surface area contributed by atoms with Crippen LogP contribution in [0.1, 0.15) is 63.1 Å². The first kappa shape index (κ1) is 26.1. The number of benzene rings is 1. The fourth-order valence-electron chi connectivity index (χ4n) is 5.33. The van der Waals surface area contributed by atoms with E-state index >= 15 is 0 Å². The highest BCUT2D eigenvalue weighted by molar-refractivity contribution is 7.80. The van der Waals surface area contributed by atoms with Crippen molar-refractivity contribution in [1.82, 2.24) is 9.88 Å². The number of carbonyl (C=O) groups excluding carboxylic acids is 3. The molecule has 1 saturated heterocycles. The van der Waals surface area contributed by atoms with Crippen molar-refractivity contribution in [2.45, 2.75) is 52.9 Å². The Morgan fingerprint density at radius 3 is 2.66 bits per heavy atom. The summed E-state index contributed by atoms with van der Waals surface area (Å²) in [5.41, 5.74) is 5.76. The van der Waals surface area contributed by atoms with Crippen molar-refractivity contribution >= 4 is 58.2 Å². The number of nitrogens with one attached hydrogen (secondary N) is 1. The molecule has 38 heavy (non-hydrogen) atoms. The van der Waals surface area contributed by atoms with E-state index in [4.69, 9.17) is 17.0 Å². The van der Waals surface area contributed by atoms with Gasteiger partial charge in [-0.05, 0) is 93.1 Å². The first-order chi connectivity index (χ1) is 18.3. The summed E-state index contributed by atoms with van der Waals surface area (Å²) in [7, 11) is 1.41. The largest absolute Gasteiger partial charge is 0.465 e. The lowest BCUT2D eigenvalue weighted by molar-refractivity contribution is -0.122. The lowest BCUT2D eigenvalue weighted by Gasteiger charge is -2.30. The number of fused-ring (bicyclic) bond motifs is 1. The minimum absolute atomic E-state index is 0.00317. The number of aromatic nitrogens is 1. The number of nitrogens with zero attached hydrogens (tertiary/aromatic N) is 2. The number of ether oxygens (including phenoxy) is 1. The first-order valence-electron chi connectivity index (χ1n) is 12.7. The van der Waals surface area contributed by atoms with E-state index in [9.17, 15) is 14.4 Å². The normalized spacial score (nSPS) is 16.6. The number of thiocarbonyl (C=S) groups is 1. The maximum absolute atomic E-state index is 13.7. The van der Waals surface area contributed by atoms with Crippen LogP contribution in [-0.2, 0) is 33.6 Å². The smallest absolute Gasteiger partial charge is 0.341 e. The number of rotatable bonds is 5. The maximum atomic E-state index is 13.7. The highest BCUT2D eigenvalue weighted by atomic mass is 32.1.